The van der Waals surface area contributed by atoms with Crippen LogP contribution in [-0.4, -0.2) is 40.6 Å². The lowest BCUT2D eigenvalue weighted by Gasteiger charge is -2.33. The molecule has 0 bridgehead atoms. The summed E-state index contributed by atoms with van der Waals surface area (Å²) < 4.78 is 25.9. The van der Waals surface area contributed by atoms with Crippen LogP contribution in [0.25, 0.3) is 11.1 Å². The van der Waals surface area contributed by atoms with Crippen LogP contribution in [0.4, 0.5) is 0 Å². The summed E-state index contributed by atoms with van der Waals surface area (Å²) in [4.78, 5) is 15.8. The van der Waals surface area contributed by atoms with Gasteiger partial charge in [-0.1, -0.05) is 24.3 Å². The number of carbonyl (C=O) groups excluding carboxylic acids is 1. The summed E-state index contributed by atoms with van der Waals surface area (Å²) in [6.45, 7) is 0.0943. The molecule has 3 rings (SSSR count). The van der Waals surface area contributed by atoms with Crippen molar-refractivity contribution in [2.24, 2.45) is 0 Å². The molecular weight excluding hydrogens is 342 g/mol. The summed E-state index contributed by atoms with van der Waals surface area (Å²) >= 11 is 0. The number of hydrogen-bond acceptors (Lipinski definition) is 5. The number of nitrogens with zero attached hydrogens (tertiary/aromatic N) is 2. The van der Waals surface area contributed by atoms with Crippen LogP contribution in [0.3, 0.4) is 0 Å². The van der Waals surface area contributed by atoms with Crippen molar-refractivity contribution in [1.29, 1.82) is 0 Å². The molecule has 0 unspecified atom stereocenters. The maximum absolute atomic E-state index is 12.4. The van der Waals surface area contributed by atoms with Gasteiger partial charge in [0.2, 0.25) is 10.0 Å². The zero-order valence-corrected chi connectivity index (χ0v) is 14.3. The average molecular weight is 361 g/mol. The lowest BCUT2D eigenvalue weighted by atomic mass is 10.0. The van der Waals surface area contributed by atoms with Crippen molar-refractivity contribution in [2.75, 3.05) is 5.75 Å². The molecule has 1 aromatic heterocycles. The summed E-state index contributed by atoms with van der Waals surface area (Å²) in [6.07, 6.45) is 4.21. The molecule has 1 saturated heterocycles. The average Bonchev–Trinajstić information content (AvgIpc) is 2.64. The Bertz CT molecular complexity index is 838. The molecule has 132 valence electrons. The Balaban J connectivity index is 1.83. The number of pyridine rings is 1. The molecule has 1 aliphatic rings. The van der Waals surface area contributed by atoms with Gasteiger partial charge in [0, 0.05) is 18.9 Å². The van der Waals surface area contributed by atoms with Crippen LogP contribution >= 0.6 is 0 Å². The number of hydrogen-bond donors (Lipinski definition) is 2. The monoisotopic (exact) mass is 361 g/mol. The maximum Gasteiger partial charge on any atom is 0.261 e. The van der Waals surface area contributed by atoms with E-state index in [0.29, 0.717) is 12.8 Å². The van der Waals surface area contributed by atoms with Crippen LogP contribution in [-0.2, 0) is 21.4 Å². The second-order valence-corrected chi connectivity index (χ2v) is 7.97. The van der Waals surface area contributed by atoms with E-state index in [1.54, 1.807) is 17.9 Å². The van der Waals surface area contributed by atoms with E-state index in [4.69, 9.17) is 5.21 Å². The fourth-order valence-corrected chi connectivity index (χ4v) is 4.69. The van der Waals surface area contributed by atoms with Crippen molar-refractivity contribution in [3.63, 3.8) is 0 Å². The number of carbonyl (C=O) groups is 1. The zero-order valence-electron chi connectivity index (χ0n) is 13.5. The van der Waals surface area contributed by atoms with Crippen molar-refractivity contribution < 1.29 is 18.4 Å². The summed E-state index contributed by atoms with van der Waals surface area (Å²) in [7, 11) is -3.54. The topological polar surface area (TPSA) is 99.6 Å². The van der Waals surface area contributed by atoms with Gasteiger partial charge in [0.1, 0.15) is 6.04 Å². The molecule has 1 fully saturated rings. The summed E-state index contributed by atoms with van der Waals surface area (Å²) in [5, 5.41) is 8.88. The second-order valence-electron chi connectivity index (χ2n) is 5.93. The highest BCUT2D eigenvalue weighted by molar-refractivity contribution is 7.89. The van der Waals surface area contributed by atoms with Gasteiger partial charge in [-0.2, -0.15) is 4.31 Å². The maximum atomic E-state index is 12.4. The molecule has 1 atom stereocenters. The quantitative estimate of drug-likeness (QED) is 0.636. The van der Waals surface area contributed by atoms with Crippen molar-refractivity contribution in [2.45, 2.75) is 25.4 Å². The number of hydroxylamine groups is 1. The fraction of sp³-hybridized carbons (Fsp3) is 0.294. The van der Waals surface area contributed by atoms with Gasteiger partial charge in [-0.25, -0.2) is 13.9 Å². The van der Waals surface area contributed by atoms with Gasteiger partial charge in [0.05, 0.1) is 5.75 Å². The van der Waals surface area contributed by atoms with E-state index in [0.717, 1.165) is 16.7 Å². The molecule has 2 N–H and O–H groups in total. The van der Waals surface area contributed by atoms with Gasteiger partial charge in [-0.3, -0.25) is 15.0 Å². The molecule has 0 spiro atoms. The molecular formula is C17H19N3O4S. The van der Waals surface area contributed by atoms with Crippen molar-refractivity contribution in [1.82, 2.24) is 14.8 Å². The van der Waals surface area contributed by atoms with Crippen LogP contribution in [0.15, 0.2) is 48.8 Å². The van der Waals surface area contributed by atoms with Gasteiger partial charge in [0.15, 0.2) is 0 Å². The van der Waals surface area contributed by atoms with Gasteiger partial charge < -0.3 is 0 Å². The minimum atomic E-state index is -3.54. The van der Waals surface area contributed by atoms with Crippen molar-refractivity contribution >= 4 is 15.9 Å². The lowest BCUT2D eigenvalue weighted by Crippen LogP contribution is -2.51. The third kappa shape index (κ3) is 3.87. The highest BCUT2D eigenvalue weighted by atomic mass is 32.2. The van der Waals surface area contributed by atoms with Crippen molar-refractivity contribution in [3.8, 4) is 11.1 Å². The highest BCUT2D eigenvalue weighted by Gasteiger charge is 2.38. The third-order valence-corrected chi connectivity index (χ3v) is 6.21. The number of amides is 1. The fourth-order valence-electron chi connectivity index (χ4n) is 2.99. The molecule has 1 aromatic carbocycles. The first-order chi connectivity index (χ1) is 12.0. The zero-order chi connectivity index (χ0) is 17.9. The lowest BCUT2D eigenvalue weighted by molar-refractivity contribution is -0.133. The van der Waals surface area contributed by atoms with E-state index in [2.05, 4.69) is 4.98 Å². The van der Waals surface area contributed by atoms with Gasteiger partial charge >= 0.3 is 0 Å². The molecule has 2 aromatic rings. The number of rotatable bonds is 4. The summed E-state index contributed by atoms with van der Waals surface area (Å²) in [5.41, 5.74) is 4.36. The second kappa shape index (κ2) is 7.30. The van der Waals surface area contributed by atoms with Crippen LogP contribution in [0, 0.1) is 0 Å². The first-order valence-electron chi connectivity index (χ1n) is 7.94. The Labute approximate surface area is 146 Å². The molecule has 1 amide bonds. The number of aromatic nitrogens is 1. The molecule has 0 aliphatic carbocycles. The van der Waals surface area contributed by atoms with E-state index in [1.807, 2.05) is 36.4 Å². The van der Waals surface area contributed by atoms with E-state index in [-0.39, 0.29) is 12.3 Å². The van der Waals surface area contributed by atoms with Crippen LogP contribution < -0.4 is 5.48 Å². The number of benzene rings is 1. The van der Waals surface area contributed by atoms with Gasteiger partial charge in [-0.05, 0) is 41.7 Å². The highest BCUT2D eigenvalue weighted by Crippen LogP contribution is 2.25. The van der Waals surface area contributed by atoms with Gasteiger partial charge in [-0.15, -0.1) is 0 Å². The van der Waals surface area contributed by atoms with E-state index in [1.165, 1.54) is 4.31 Å². The summed E-state index contributed by atoms with van der Waals surface area (Å²) in [5.74, 6) is -0.686. The largest absolute Gasteiger partial charge is 0.289 e. The molecule has 0 saturated carbocycles. The Kier molecular flexibility index (Phi) is 5.12. The Morgan fingerprint density at radius 1 is 1.16 bits per heavy atom. The summed E-state index contributed by atoms with van der Waals surface area (Å²) in [6, 6.07) is 10.4. The van der Waals surface area contributed by atoms with Gasteiger partial charge in [0.25, 0.3) is 5.91 Å². The minimum absolute atomic E-state index is 0.0112. The SMILES string of the molecule is O=C(NO)[C@@H]1CCCS(=O)(=O)N1Cc1ccc(-c2ccncc2)cc1. The molecule has 2 heterocycles. The molecule has 0 radical (unpaired) electrons. The smallest absolute Gasteiger partial charge is 0.261 e. The van der Waals surface area contributed by atoms with Crippen LogP contribution in [0.5, 0.6) is 0 Å². The van der Waals surface area contributed by atoms with Crippen LogP contribution in [0.1, 0.15) is 18.4 Å². The Morgan fingerprint density at radius 2 is 1.80 bits per heavy atom. The van der Waals surface area contributed by atoms with E-state index >= 15 is 0 Å². The van der Waals surface area contributed by atoms with Crippen molar-refractivity contribution in [3.05, 3.63) is 54.4 Å². The minimum Gasteiger partial charge on any atom is -0.289 e. The molecule has 7 nitrogen and oxygen atoms in total. The van der Waals surface area contributed by atoms with E-state index < -0.39 is 22.0 Å². The molecule has 8 heteroatoms. The van der Waals surface area contributed by atoms with E-state index in [9.17, 15) is 13.2 Å². The molecule has 1 aliphatic heterocycles. The molecule has 25 heavy (non-hydrogen) atoms. The number of sulfonamides is 1. The van der Waals surface area contributed by atoms with Crippen LogP contribution in [0.2, 0.25) is 0 Å². The standard InChI is InChI=1S/C17H19N3O4S/c21-17(19-22)16-2-1-11-25(23,24)20(16)12-13-3-5-14(6-4-13)15-7-9-18-10-8-15/h3-10,16,22H,1-2,11-12H2,(H,19,21)/t16-/m0/s1. The Hall–Kier alpha value is -2.29. The first-order valence-corrected chi connectivity index (χ1v) is 9.55. The Morgan fingerprint density at radius 3 is 2.44 bits per heavy atom. The predicted octanol–water partition coefficient (Wildman–Crippen LogP) is 1.55. The number of nitrogens with one attached hydrogen (secondary N) is 1. The normalized spacial score (nSPS) is 20.1. The predicted molar refractivity (Wildman–Crippen MR) is 92.0 cm³/mol. The third-order valence-electron chi connectivity index (χ3n) is 4.30. The first kappa shape index (κ1) is 17.5.